The highest BCUT2D eigenvalue weighted by molar-refractivity contribution is 5.89. The van der Waals surface area contributed by atoms with E-state index in [0.29, 0.717) is 6.42 Å². The van der Waals surface area contributed by atoms with E-state index in [9.17, 15) is 4.79 Å². The Labute approximate surface area is 176 Å². The van der Waals surface area contributed by atoms with Crippen LogP contribution in [0, 0.1) is 13.8 Å². The van der Waals surface area contributed by atoms with E-state index in [1.165, 1.54) is 16.8 Å². The number of fused-ring (bicyclic) bond motifs is 2. The molecule has 0 saturated carbocycles. The van der Waals surface area contributed by atoms with Crippen molar-refractivity contribution >= 4 is 16.8 Å². The lowest BCUT2D eigenvalue weighted by Gasteiger charge is -2.24. The number of aromatic nitrogens is 3. The quantitative estimate of drug-likeness (QED) is 0.523. The van der Waals surface area contributed by atoms with Gasteiger partial charge in [0.1, 0.15) is 0 Å². The zero-order valence-electron chi connectivity index (χ0n) is 17.4. The maximum atomic E-state index is 12.8. The molecule has 4 aromatic rings. The average Bonchev–Trinajstić information content (AvgIpc) is 3.32. The van der Waals surface area contributed by atoms with Crippen molar-refractivity contribution in [1.82, 2.24) is 20.1 Å². The van der Waals surface area contributed by atoms with E-state index in [4.69, 9.17) is 0 Å². The molecule has 5 nitrogen and oxygen atoms in total. The second-order valence-electron chi connectivity index (χ2n) is 8.35. The Kier molecular flexibility index (Phi) is 4.66. The first kappa shape index (κ1) is 18.7. The van der Waals surface area contributed by atoms with Gasteiger partial charge < -0.3 is 10.3 Å². The van der Waals surface area contributed by atoms with Crippen molar-refractivity contribution in [3.63, 3.8) is 0 Å². The lowest BCUT2D eigenvalue weighted by atomic mass is 9.92. The zero-order valence-corrected chi connectivity index (χ0v) is 17.4. The second kappa shape index (κ2) is 7.48. The fraction of sp³-hybridized carbons (Fsp3) is 0.280. The molecule has 0 fully saturated rings. The fourth-order valence-corrected chi connectivity index (χ4v) is 4.70. The molecule has 0 aliphatic heterocycles. The number of rotatable bonds is 4. The van der Waals surface area contributed by atoms with Gasteiger partial charge in [-0.3, -0.25) is 4.79 Å². The molecule has 2 heterocycles. The molecule has 152 valence electrons. The number of H-pyrrole nitrogens is 1. The van der Waals surface area contributed by atoms with Crippen LogP contribution in [0.4, 0.5) is 0 Å². The minimum absolute atomic E-state index is 0.0195. The Morgan fingerprint density at radius 2 is 2.00 bits per heavy atom. The number of aromatic amines is 1. The normalized spacial score (nSPS) is 15.9. The largest absolute Gasteiger partial charge is 0.361 e. The summed E-state index contributed by atoms with van der Waals surface area (Å²) in [4.78, 5) is 16.1. The number of carbonyl (C=O) groups is 1. The van der Waals surface area contributed by atoms with Crippen molar-refractivity contribution in [2.24, 2.45) is 0 Å². The number of benzene rings is 2. The van der Waals surface area contributed by atoms with Gasteiger partial charge in [-0.05, 0) is 68.0 Å². The molecule has 0 saturated heterocycles. The monoisotopic (exact) mass is 398 g/mol. The summed E-state index contributed by atoms with van der Waals surface area (Å²) in [5, 5.41) is 9.06. The second-order valence-corrected chi connectivity index (χ2v) is 8.35. The molecule has 2 aromatic heterocycles. The minimum Gasteiger partial charge on any atom is -0.361 e. The van der Waals surface area contributed by atoms with E-state index in [0.717, 1.165) is 47.0 Å². The number of amides is 1. The van der Waals surface area contributed by atoms with Crippen LogP contribution in [-0.2, 0) is 17.6 Å². The molecule has 1 unspecified atom stereocenters. The smallest absolute Gasteiger partial charge is 0.224 e. The number of nitrogens with one attached hydrogen (secondary N) is 2. The topological polar surface area (TPSA) is 62.7 Å². The Bertz CT molecular complexity index is 1210. The molecule has 0 bridgehead atoms. The van der Waals surface area contributed by atoms with Crippen LogP contribution in [0.1, 0.15) is 46.8 Å². The van der Waals surface area contributed by atoms with Crippen molar-refractivity contribution in [1.29, 1.82) is 0 Å². The molecule has 1 aliphatic carbocycles. The summed E-state index contributed by atoms with van der Waals surface area (Å²) in [5.41, 5.74) is 8.01. The first-order chi connectivity index (χ1) is 14.6. The van der Waals surface area contributed by atoms with E-state index in [2.05, 4.69) is 53.5 Å². The summed E-state index contributed by atoms with van der Waals surface area (Å²) < 4.78 is 2.05. The molecular formula is C25H26N4O. The summed E-state index contributed by atoms with van der Waals surface area (Å²) in [5.74, 6) is 0.0525. The van der Waals surface area contributed by atoms with Gasteiger partial charge in [0, 0.05) is 28.4 Å². The summed E-state index contributed by atoms with van der Waals surface area (Å²) in [6.07, 6.45) is 7.22. The molecule has 1 aliphatic rings. The maximum Gasteiger partial charge on any atom is 0.224 e. The Hall–Kier alpha value is -3.34. The first-order valence-corrected chi connectivity index (χ1v) is 10.6. The Morgan fingerprint density at radius 1 is 1.20 bits per heavy atom. The molecule has 0 radical (unpaired) electrons. The van der Waals surface area contributed by atoms with Gasteiger partial charge in [-0.2, -0.15) is 5.10 Å². The third kappa shape index (κ3) is 3.41. The van der Waals surface area contributed by atoms with Gasteiger partial charge in [-0.25, -0.2) is 4.68 Å². The van der Waals surface area contributed by atoms with E-state index < -0.39 is 0 Å². The Balaban J connectivity index is 1.37. The molecule has 2 N–H and O–H groups in total. The van der Waals surface area contributed by atoms with Gasteiger partial charge in [0.05, 0.1) is 24.3 Å². The summed E-state index contributed by atoms with van der Waals surface area (Å²) in [7, 11) is 0. The van der Waals surface area contributed by atoms with Crippen LogP contribution in [0.15, 0.2) is 54.9 Å². The third-order valence-corrected chi connectivity index (χ3v) is 6.00. The first-order valence-electron chi connectivity index (χ1n) is 10.6. The summed E-state index contributed by atoms with van der Waals surface area (Å²) >= 11 is 0. The van der Waals surface area contributed by atoms with Gasteiger partial charge in [-0.15, -0.1) is 0 Å². The highest BCUT2D eigenvalue weighted by atomic mass is 16.1. The minimum atomic E-state index is 0.0195. The van der Waals surface area contributed by atoms with E-state index >= 15 is 0 Å². The van der Waals surface area contributed by atoms with Crippen LogP contribution in [0.3, 0.4) is 0 Å². The standard InChI is InChI=1S/C25H26N4O/c1-16-10-17(2)12-19(11-16)29-24-9-5-8-23(21(24)15-27-29)28-25(30)13-18-14-26-22-7-4-3-6-20(18)22/h3-4,6-7,10-12,14-15,23,26H,5,8-9,13H2,1-2H3,(H,28,30). The van der Waals surface area contributed by atoms with E-state index in [1.54, 1.807) is 0 Å². The highest BCUT2D eigenvalue weighted by Crippen LogP contribution is 2.31. The van der Waals surface area contributed by atoms with Crippen LogP contribution in [0.25, 0.3) is 16.6 Å². The molecule has 0 spiro atoms. The predicted molar refractivity (Wildman–Crippen MR) is 119 cm³/mol. The van der Waals surface area contributed by atoms with Crippen molar-refractivity contribution in [2.75, 3.05) is 0 Å². The summed E-state index contributed by atoms with van der Waals surface area (Å²) in [6.45, 7) is 4.22. The van der Waals surface area contributed by atoms with Gasteiger partial charge in [-0.1, -0.05) is 24.3 Å². The molecular weight excluding hydrogens is 372 g/mol. The van der Waals surface area contributed by atoms with Gasteiger partial charge in [0.2, 0.25) is 5.91 Å². The highest BCUT2D eigenvalue weighted by Gasteiger charge is 2.26. The maximum absolute atomic E-state index is 12.8. The molecule has 1 amide bonds. The molecule has 2 aromatic carbocycles. The van der Waals surface area contributed by atoms with Crippen molar-refractivity contribution in [3.05, 3.63) is 82.8 Å². The molecule has 1 atom stereocenters. The van der Waals surface area contributed by atoms with Gasteiger partial charge >= 0.3 is 0 Å². The lowest BCUT2D eigenvalue weighted by molar-refractivity contribution is -0.121. The van der Waals surface area contributed by atoms with Gasteiger partial charge in [0.25, 0.3) is 0 Å². The molecule has 5 rings (SSSR count). The van der Waals surface area contributed by atoms with Crippen LogP contribution in [0.5, 0.6) is 0 Å². The van der Waals surface area contributed by atoms with Crippen LogP contribution in [-0.4, -0.2) is 20.7 Å². The van der Waals surface area contributed by atoms with E-state index in [1.807, 2.05) is 35.3 Å². The zero-order chi connectivity index (χ0) is 20.7. The van der Waals surface area contributed by atoms with Crippen LogP contribution >= 0.6 is 0 Å². The predicted octanol–water partition coefficient (Wildman–Crippen LogP) is 4.71. The number of hydrogen-bond acceptors (Lipinski definition) is 2. The average molecular weight is 399 g/mol. The fourth-order valence-electron chi connectivity index (χ4n) is 4.70. The lowest BCUT2D eigenvalue weighted by Crippen LogP contribution is -2.32. The third-order valence-electron chi connectivity index (χ3n) is 6.00. The Morgan fingerprint density at radius 3 is 2.83 bits per heavy atom. The van der Waals surface area contributed by atoms with Crippen LogP contribution in [0.2, 0.25) is 0 Å². The van der Waals surface area contributed by atoms with Gasteiger partial charge in [0.15, 0.2) is 0 Å². The number of hydrogen-bond donors (Lipinski definition) is 2. The summed E-state index contributed by atoms with van der Waals surface area (Å²) in [6, 6.07) is 14.6. The van der Waals surface area contributed by atoms with Crippen molar-refractivity contribution in [2.45, 2.75) is 45.6 Å². The van der Waals surface area contributed by atoms with Crippen molar-refractivity contribution < 1.29 is 4.79 Å². The van der Waals surface area contributed by atoms with Crippen LogP contribution < -0.4 is 5.32 Å². The number of para-hydroxylation sites is 1. The molecule has 5 heteroatoms. The number of carbonyl (C=O) groups excluding carboxylic acids is 1. The SMILES string of the molecule is Cc1cc(C)cc(-n2ncc3c2CCCC3NC(=O)Cc2c[nH]c3ccccc23)c1. The van der Waals surface area contributed by atoms with E-state index in [-0.39, 0.29) is 11.9 Å². The number of aryl methyl sites for hydroxylation is 2. The number of nitrogens with zero attached hydrogens (tertiary/aromatic N) is 2. The van der Waals surface area contributed by atoms with Crippen molar-refractivity contribution in [3.8, 4) is 5.69 Å². The molecule has 30 heavy (non-hydrogen) atoms.